The molecule has 0 saturated carbocycles. The summed E-state index contributed by atoms with van der Waals surface area (Å²) in [5, 5.41) is 0.715. The van der Waals surface area contributed by atoms with Gasteiger partial charge in [-0.25, -0.2) is 13.8 Å². The molecule has 0 N–H and O–H groups in total. The number of aromatic nitrogens is 1. The summed E-state index contributed by atoms with van der Waals surface area (Å²) in [5.74, 6) is -0.0901. The standard InChI is InChI=1S/C27H26FNO5S/c1-27(2,3)34-26(31)29-20(13-18-5-8-19(28)14-23(18)29)16-33-21-9-6-17(7-10-21)24-12-11-22(35-24)15-25(30)32-4/h5-14H,15-16H2,1-4H3. The van der Waals surface area contributed by atoms with Crippen LogP contribution in [0.1, 0.15) is 31.3 Å². The second-order valence-electron chi connectivity index (χ2n) is 8.99. The van der Waals surface area contributed by atoms with Gasteiger partial charge in [0.2, 0.25) is 0 Å². The number of thiophene rings is 1. The molecule has 0 saturated heterocycles. The van der Waals surface area contributed by atoms with Crippen LogP contribution in [0.15, 0.2) is 60.7 Å². The highest BCUT2D eigenvalue weighted by molar-refractivity contribution is 7.15. The molecule has 8 heteroatoms. The Kier molecular flexibility index (Phi) is 6.93. The number of benzene rings is 2. The van der Waals surface area contributed by atoms with E-state index in [0.717, 1.165) is 15.3 Å². The van der Waals surface area contributed by atoms with Crippen LogP contribution in [0.4, 0.5) is 9.18 Å². The molecule has 182 valence electrons. The zero-order chi connectivity index (χ0) is 25.2. The Balaban J connectivity index is 1.52. The average Bonchev–Trinajstić information content (AvgIpc) is 3.41. The fraction of sp³-hybridized carbons (Fsp3) is 0.259. The molecule has 0 aliphatic carbocycles. The van der Waals surface area contributed by atoms with Gasteiger partial charge >= 0.3 is 12.1 Å². The lowest BCUT2D eigenvalue weighted by atomic mass is 10.2. The summed E-state index contributed by atoms with van der Waals surface area (Å²) in [7, 11) is 1.38. The van der Waals surface area contributed by atoms with Crippen molar-refractivity contribution in [2.24, 2.45) is 0 Å². The molecule has 2 heterocycles. The molecule has 0 spiro atoms. The van der Waals surface area contributed by atoms with Gasteiger partial charge in [0, 0.05) is 15.1 Å². The number of ether oxygens (including phenoxy) is 3. The van der Waals surface area contributed by atoms with E-state index in [1.807, 2.05) is 36.4 Å². The Morgan fingerprint density at radius 1 is 1.00 bits per heavy atom. The first-order valence-electron chi connectivity index (χ1n) is 11.0. The number of nitrogens with zero attached hydrogens (tertiary/aromatic N) is 1. The maximum absolute atomic E-state index is 13.9. The predicted octanol–water partition coefficient (Wildman–Crippen LogP) is 6.59. The van der Waals surface area contributed by atoms with Crippen LogP contribution < -0.4 is 4.74 Å². The van der Waals surface area contributed by atoms with Crippen molar-refractivity contribution in [3.05, 3.63) is 77.1 Å². The fourth-order valence-corrected chi connectivity index (χ4v) is 4.57. The highest BCUT2D eigenvalue weighted by Crippen LogP contribution is 2.30. The normalized spacial score (nSPS) is 11.5. The monoisotopic (exact) mass is 495 g/mol. The van der Waals surface area contributed by atoms with Gasteiger partial charge in [-0.1, -0.05) is 0 Å². The average molecular weight is 496 g/mol. The van der Waals surface area contributed by atoms with E-state index in [4.69, 9.17) is 14.2 Å². The van der Waals surface area contributed by atoms with Gasteiger partial charge in [0.1, 0.15) is 23.8 Å². The number of fused-ring (bicyclic) bond motifs is 1. The highest BCUT2D eigenvalue weighted by Gasteiger charge is 2.22. The number of halogens is 1. The van der Waals surface area contributed by atoms with Crippen LogP contribution in [0, 0.1) is 5.82 Å². The Bertz CT molecular complexity index is 1360. The van der Waals surface area contributed by atoms with E-state index in [-0.39, 0.29) is 19.0 Å². The largest absolute Gasteiger partial charge is 0.487 e. The van der Waals surface area contributed by atoms with Gasteiger partial charge in [-0.05, 0) is 87.0 Å². The van der Waals surface area contributed by atoms with Crippen LogP contribution in [-0.2, 0) is 27.3 Å². The van der Waals surface area contributed by atoms with Gasteiger partial charge in [0.05, 0.1) is 24.7 Å². The Morgan fingerprint density at radius 2 is 1.74 bits per heavy atom. The van der Waals surface area contributed by atoms with Crippen LogP contribution in [0.2, 0.25) is 0 Å². The molecule has 6 nitrogen and oxygen atoms in total. The van der Waals surface area contributed by atoms with Crippen molar-refractivity contribution in [1.82, 2.24) is 4.57 Å². The lowest BCUT2D eigenvalue weighted by Crippen LogP contribution is -2.28. The SMILES string of the molecule is COC(=O)Cc1ccc(-c2ccc(OCc3cc4ccc(F)cc4n3C(=O)OC(C)(C)C)cc2)s1. The van der Waals surface area contributed by atoms with Gasteiger partial charge in [-0.3, -0.25) is 4.79 Å². The molecule has 0 aliphatic heterocycles. The lowest BCUT2D eigenvalue weighted by molar-refractivity contribution is -0.139. The van der Waals surface area contributed by atoms with E-state index in [0.29, 0.717) is 22.3 Å². The van der Waals surface area contributed by atoms with Crippen molar-refractivity contribution in [3.8, 4) is 16.2 Å². The number of carbonyl (C=O) groups excluding carboxylic acids is 2. The number of methoxy groups -OCH3 is 1. The third kappa shape index (κ3) is 5.89. The number of carbonyl (C=O) groups is 2. The van der Waals surface area contributed by atoms with Gasteiger partial charge in [0.25, 0.3) is 0 Å². The van der Waals surface area contributed by atoms with Gasteiger partial charge in [-0.2, -0.15) is 0 Å². The molecule has 4 rings (SSSR count). The van der Waals surface area contributed by atoms with Crippen LogP contribution in [0.3, 0.4) is 0 Å². The maximum Gasteiger partial charge on any atom is 0.419 e. The van der Waals surface area contributed by atoms with Crippen molar-refractivity contribution in [1.29, 1.82) is 0 Å². The highest BCUT2D eigenvalue weighted by atomic mass is 32.1. The minimum atomic E-state index is -0.701. The minimum absolute atomic E-state index is 0.0944. The summed E-state index contributed by atoms with van der Waals surface area (Å²) >= 11 is 1.53. The fourth-order valence-electron chi connectivity index (χ4n) is 3.58. The van der Waals surface area contributed by atoms with E-state index in [2.05, 4.69) is 0 Å². The van der Waals surface area contributed by atoms with Crippen LogP contribution >= 0.6 is 11.3 Å². The summed E-state index contributed by atoms with van der Waals surface area (Å²) in [6.07, 6.45) is -0.342. The second-order valence-corrected chi connectivity index (χ2v) is 10.2. The summed E-state index contributed by atoms with van der Waals surface area (Å²) in [6.45, 7) is 5.43. The third-order valence-electron chi connectivity index (χ3n) is 5.15. The molecular formula is C27H26FNO5S. The molecular weight excluding hydrogens is 469 g/mol. The molecule has 35 heavy (non-hydrogen) atoms. The topological polar surface area (TPSA) is 66.8 Å². The quantitative estimate of drug-likeness (QED) is 0.283. The first kappa shape index (κ1) is 24.5. The number of rotatable bonds is 6. The molecule has 0 unspecified atom stereocenters. The Hall–Kier alpha value is -3.65. The molecule has 4 aromatic rings. The summed E-state index contributed by atoms with van der Waals surface area (Å²) in [6, 6.07) is 17.5. The van der Waals surface area contributed by atoms with E-state index in [9.17, 15) is 14.0 Å². The first-order valence-corrected chi connectivity index (χ1v) is 11.9. The van der Waals surface area contributed by atoms with Crippen molar-refractivity contribution in [3.63, 3.8) is 0 Å². The van der Waals surface area contributed by atoms with E-state index in [1.54, 1.807) is 32.9 Å². The molecule has 0 amide bonds. The number of hydrogen-bond acceptors (Lipinski definition) is 6. The molecule has 2 aromatic carbocycles. The van der Waals surface area contributed by atoms with Crippen molar-refractivity contribution in [2.45, 2.75) is 39.4 Å². The number of esters is 1. The summed E-state index contributed by atoms with van der Waals surface area (Å²) in [4.78, 5) is 26.4. The lowest BCUT2D eigenvalue weighted by Gasteiger charge is -2.21. The predicted molar refractivity (Wildman–Crippen MR) is 133 cm³/mol. The number of hydrogen-bond donors (Lipinski definition) is 0. The van der Waals surface area contributed by atoms with E-state index in [1.165, 1.54) is 35.1 Å². The smallest absolute Gasteiger partial charge is 0.419 e. The third-order valence-corrected chi connectivity index (χ3v) is 6.29. The maximum atomic E-state index is 13.9. The van der Waals surface area contributed by atoms with Crippen LogP contribution in [0.5, 0.6) is 5.75 Å². The molecule has 0 bridgehead atoms. The van der Waals surface area contributed by atoms with Crippen LogP contribution in [0.25, 0.3) is 21.3 Å². The summed E-state index contributed by atoms with van der Waals surface area (Å²) in [5.41, 5.74) is 1.27. The Labute approximate surface area is 206 Å². The molecule has 2 aromatic heterocycles. The molecule has 0 atom stereocenters. The first-order chi connectivity index (χ1) is 16.6. The van der Waals surface area contributed by atoms with Crippen LogP contribution in [-0.4, -0.2) is 29.3 Å². The minimum Gasteiger partial charge on any atom is -0.487 e. The van der Waals surface area contributed by atoms with Crippen molar-refractivity contribution < 1.29 is 28.2 Å². The zero-order valence-corrected chi connectivity index (χ0v) is 20.8. The Morgan fingerprint density at radius 3 is 2.43 bits per heavy atom. The van der Waals surface area contributed by atoms with Crippen molar-refractivity contribution in [2.75, 3.05) is 7.11 Å². The van der Waals surface area contributed by atoms with Gasteiger partial charge in [0.15, 0.2) is 0 Å². The van der Waals surface area contributed by atoms with Gasteiger partial charge in [-0.15, -0.1) is 11.3 Å². The summed E-state index contributed by atoms with van der Waals surface area (Å²) < 4.78 is 31.5. The zero-order valence-electron chi connectivity index (χ0n) is 20.0. The molecule has 0 fully saturated rings. The molecule has 0 radical (unpaired) electrons. The van der Waals surface area contributed by atoms with E-state index >= 15 is 0 Å². The van der Waals surface area contributed by atoms with Gasteiger partial charge < -0.3 is 14.2 Å². The van der Waals surface area contributed by atoms with Crippen molar-refractivity contribution >= 4 is 34.3 Å². The molecule has 0 aliphatic rings. The van der Waals surface area contributed by atoms with E-state index < -0.39 is 17.5 Å². The second kappa shape index (κ2) is 9.92.